The lowest BCUT2D eigenvalue weighted by molar-refractivity contribution is -0.115. The Kier molecular flexibility index (Phi) is 5.86. The first-order valence-corrected chi connectivity index (χ1v) is 12.4. The highest BCUT2D eigenvalue weighted by molar-refractivity contribution is 8.00. The average Bonchev–Trinajstić information content (AvgIpc) is 3.41. The number of anilines is 1. The van der Waals surface area contributed by atoms with Crippen LogP contribution in [0.5, 0.6) is 0 Å². The summed E-state index contributed by atoms with van der Waals surface area (Å²) < 4.78 is 26.7. The minimum atomic E-state index is -3.45. The number of carbonyl (C=O) groups is 1. The predicted octanol–water partition coefficient (Wildman–Crippen LogP) is 3.60. The van der Waals surface area contributed by atoms with Gasteiger partial charge in [0, 0.05) is 24.2 Å². The Morgan fingerprint density at radius 3 is 2.62 bits per heavy atom. The third-order valence-corrected chi connectivity index (χ3v) is 8.56. The molecule has 4 rings (SSSR count). The van der Waals surface area contributed by atoms with Gasteiger partial charge in [-0.1, -0.05) is 11.8 Å². The summed E-state index contributed by atoms with van der Waals surface area (Å²) in [6, 6.07) is 8.29. The van der Waals surface area contributed by atoms with Crippen LogP contribution in [0.25, 0.3) is 10.2 Å². The fraction of sp³-hybridized carbons (Fsp3) is 0.316. The van der Waals surface area contributed by atoms with Gasteiger partial charge in [-0.25, -0.2) is 18.4 Å². The van der Waals surface area contributed by atoms with Gasteiger partial charge in [0.1, 0.15) is 16.2 Å². The Morgan fingerprint density at radius 1 is 1.17 bits per heavy atom. The van der Waals surface area contributed by atoms with Gasteiger partial charge in [0.25, 0.3) is 0 Å². The monoisotopic (exact) mass is 448 g/mol. The minimum absolute atomic E-state index is 0.174. The second-order valence-corrected chi connectivity index (χ2v) is 10.9. The highest BCUT2D eigenvalue weighted by atomic mass is 32.2. The van der Waals surface area contributed by atoms with E-state index in [1.165, 1.54) is 33.7 Å². The maximum Gasteiger partial charge on any atom is 0.243 e. The van der Waals surface area contributed by atoms with Gasteiger partial charge >= 0.3 is 0 Å². The normalized spacial score (nSPS) is 16.2. The van der Waals surface area contributed by atoms with Gasteiger partial charge in [0.2, 0.25) is 15.9 Å². The van der Waals surface area contributed by atoms with Crippen LogP contribution in [0.15, 0.2) is 52.0 Å². The van der Waals surface area contributed by atoms with Gasteiger partial charge in [0.15, 0.2) is 0 Å². The number of aromatic nitrogens is 2. The van der Waals surface area contributed by atoms with Gasteiger partial charge in [-0.05, 0) is 55.5 Å². The van der Waals surface area contributed by atoms with E-state index in [0.717, 1.165) is 28.1 Å². The first kappa shape index (κ1) is 20.3. The molecule has 1 atom stereocenters. The molecule has 1 aliphatic rings. The van der Waals surface area contributed by atoms with E-state index in [0.29, 0.717) is 18.8 Å². The van der Waals surface area contributed by atoms with Gasteiger partial charge < -0.3 is 5.32 Å². The number of nitrogens with zero attached hydrogens (tertiary/aromatic N) is 3. The third-order valence-electron chi connectivity index (χ3n) is 4.71. The Bertz CT molecular complexity index is 1120. The van der Waals surface area contributed by atoms with E-state index in [4.69, 9.17) is 0 Å². The smallest absolute Gasteiger partial charge is 0.243 e. The van der Waals surface area contributed by atoms with Crippen LogP contribution < -0.4 is 5.32 Å². The van der Waals surface area contributed by atoms with Crippen molar-refractivity contribution in [2.24, 2.45) is 0 Å². The maximum absolute atomic E-state index is 12.6. The fourth-order valence-electron chi connectivity index (χ4n) is 3.11. The van der Waals surface area contributed by atoms with Crippen LogP contribution in [-0.4, -0.2) is 46.9 Å². The predicted molar refractivity (Wildman–Crippen MR) is 116 cm³/mol. The van der Waals surface area contributed by atoms with E-state index in [1.54, 1.807) is 24.3 Å². The van der Waals surface area contributed by atoms with E-state index in [9.17, 15) is 13.2 Å². The molecule has 29 heavy (non-hydrogen) atoms. The quantitative estimate of drug-likeness (QED) is 0.458. The topological polar surface area (TPSA) is 92.3 Å². The lowest BCUT2D eigenvalue weighted by Crippen LogP contribution is -2.27. The molecule has 1 saturated heterocycles. The molecule has 0 radical (unpaired) electrons. The molecule has 1 N–H and O–H groups in total. The van der Waals surface area contributed by atoms with E-state index in [1.807, 2.05) is 18.4 Å². The first-order chi connectivity index (χ1) is 13.9. The van der Waals surface area contributed by atoms with Gasteiger partial charge in [-0.15, -0.1) is 11.3 Å². The van der Waals surface area contributed by atoms with Crippen molar-refractivity contribution in [3.63, 3.8) is 0 Å². The van der Waals surface area contributed by atoms with Crippen LogP contribution >= 0.6 is 23.1 Å². The molecule has 1 aliphatic heterocycles. The summed E-state index contributed by atoms with van der Waals surface area (Å²) in [4.78, 5) is 22.2. The second kappa shape index (κ2) is 8.39. The molecule has 0 spiro atoms. The Labute approximate surface area is 177 Å². The molecule has 1 fully saturated rings. The number of nitrogens with one attached hydrogen (secondary N) is 1. The lowest BCUT2D eigenvalue weighted by atomic mass is 10.3. The highest BCUT2D eigenvalue weighted by Crippen LogP contribution is 2.31. The zero-order chi connectivity index (χ0) is 20.4. The number of carbonyl (C=O) groups excluding carboxylic acids is 1. The number of thioether (sulfide) groups is 1. The van der Waals surface area contributed by atoms with Crippen molar-refractivity contribution in [1.82, 2.24) is 14.3 Å². The van der Waals surface area contributed by atoms with Crippen molar-refractivity contribution in [3.8, 4) is 0 Å². The molecular weight excluding hydrogens is 428 g/mol. The molecule has 152 valence electrons. The Balaban J connectivity index is 1.42. The van der Waals surface area contributed by atoms with Gasteiger partial charge in [-0.2, -0.15) is 4.31 Å². The molecule has 7 nitrogen and oxygen atoms in total. The summed E-state index contributed by atoms with van der Waals surface area (Å²) >= 11 is 2.90. The Morgan fingerprint density at radius 2 is 1.90 bits per heavy atom. The fourth-order valence-corrected chi connectivity index (χ4v) is 6.33. The summed E-state index contributed by atoms with van der Waals surface area (Å²) in [7, 11) is -3.45. The molecule has 0 unspecified atom stereocenters. The number of amides is 1. The van der Waals surface area contributed by atoms with E-state index < -0.39 is 10.0 Å². The maximum atomic E-state index is 12.6. The van der Waals surface area contributed by atoms with E-state index in [-0.39, 0.29) is 16.1 Å². The van der Waals surface area contributed by atoms with Crippen LogP contribution in [0.3, 0.4) is 0 Å². The number of benzene rings is 1. The number of thiophene rings is 1. The van der Waals surface area contributed by atoms with Crippen molar-refractivity contribution < 1.29 is 13.2 Å². The molecule has 10 heteroatoms. The summed E-state index contributed by atoms with van der Waals surface area (Å²) in [6.07, 6.45) is 3.30. The van der Waals surface area contributed by atoms with Gasteiger partial charge in [0.05, 0.1) is 10.1 Å². The summed E-state index contributed by atoms with van der Waals surface area (Å²) in [5, 5.41) is 6.13. The van der Waals surface area contributed by atoms with Crippen LogP contribution in [-0.2, 0) is 14.8 Å². The molecule has 2 aromatic heterocycles. The second-order valence-electron chi connectivity index (χ2n) is 6.70. The Hall–Kier alpha value is -2.01. The van der Waals surface area contributed by atoms with E-state index in [2.05, 4.69) is 15.3 Å². The van der Waals surface area contributed by atoms with Crippen LogP contribution in [0.1, 0.15) is 19.8 Å². The summed E-state index contributed by atoms with van der Waals surface area (Å²) in [5.41, 5.74) is 0.561. The number of hydrogen-bond donors (Lipinski definition) is 1. The summed E-state index contributed by atoms with van der Waals surface area (Å²) in [6.45, 7) is 2.94. The number of sulfonamides is 1. The van der Waals surface area contributed by atoms with Crippen LogP contribution in [0.2, 0.25) is 0 Å². The van der Waals surface area contributed by atoms with Crippen molar-refractivity contribution in [1.29, 1.82) is 0 Å². The lowest BCUT2D eigenvalue weighted by Gasteiger charge is -2.16. The summed E-state index contributed by atoms with van der Waals surface area (Å²) in [5.74, 6) is -0.174. The molecule has 0 saturated carbocycles. The average molecular weight is 449 g/mol. The number of rotatable bonds is 6. The number of hydrogen-bond acceptors (Lipinski definition) is 7. The largest absolute Gasteiger partial charge is 0.325 e. The van der Waals surface area contributed by atoms with Crippen molar-refractivity contribution >= 4 is 54.9 Å². The highest BCUT2D eigenvalue weighted by Gasteiger charge is 2.27. The van der Waals surface area contributed by atoms with Crippen molar-refractivity contribution in [2.75, 3.05) is 18.4 Å². The molecule has 3 aromatic rings. The van der Waals surface area contributed by atoms with Crippen LogP contribution in [0.4, 0.5) is 5.69 Å². The third kappa shape index (κ3) is 4.30. The molecular formula is C19H20N4O3S3. The SMILES string of the molecule is C[C@@H](Sc1ncnc2sccc12)C(=O)Nc1ccc(S(=O)(=O)N2CCCC2)cc1. The zero-order valence-electron chi connectivity index (χ0n) is 15.7. The number of fused-ring (bicyclic) bond motifs is 1. The zero-order valence-corrected chi connectivity index (χ0v) is 18.2. The van der Waals surface area contributed by atoms with Gasteiger partial charge in [-0.3, -0.25) is 4.79 Å². The molecule has 1 amide bonds. The molecule has 0 bridgehead atoms. The molecule has 1 aromatic carbocycles. The molecule has 0 aliphatic carbocycles. The van der Waals surface area contributed by atoms with Crippen LogP contribution in [0, 0.1) is 0 Å². The standard InChI is InChI=1S/C19H20N4O3S3/c1-13(28-19-16-8-11-27-18(16)20-12-21-19)17(24)22-14-4-6-15(7-5-14)29(25,26)23-9-2-3-10-23/h4-8,11-13H,2-3,9-10H2,1H3,(H,22,24)/t13-/m1/s1. The van der Waals surface area contributed by atoms with Crippen molar-refractivity contribution in [2.45, 2.75) is 34.9 Å². The first-order valence-electron chi connectivity index (χ1n) is 9.21. The van der Waals surface area contributed by atoms with E-state index >= 15 is 0 Å². The van der Waals surface area contributed by atoms with Crippen molar-refractivity contribution in [3.05, 3.63) is 42.0 Å². The molecule has 3 heterocycles. The minimum Gasteiger partial charge on any atom is -0.325 e.